The first kappa shape index (κ1) is 39.6. The second-order valence-corrected chi connectivity index (χ2v) is 22.0. The first-order valence-corrected chi connectivity index (χ1v) is 22.8. The maximum atomic E-state index is 6.42. The van der Waals surface area contributed by atoms with Gasteiger partial charge < -0.3 is 14.2 Å². The van der Waals surface area contributed by atoms with Crippen molar-refractivity contribution < 1.29 is 4.42 Å². The molecule has 0 saturated heterocycles. The van der Waals surface area contributed by atoms with Crippen molar-refractivity contribution in [3.05, 3.63) is 148 Å². The predicted molar refractivity (Wildman–Crippen MR) is 266 cm³/mol. The first-order chi connectivity index (χ1) is 28.8. The molecule has 2 aromatic heterocycles. The number of fused-ring (bicyclic) bond motifs is 7. The van der Waals surface area contributed by atoms with Crippen LogP contribution in [0.1, 0.15) is 101 Å². The minimum atomic E-state index is -0.0198. The van der Waals surface area contributed by atoms with Gasteiger partial charge in [-0.05, 0) is 148 Å². The molecule has 4 heterocycles. The van der Waals surface area contributed by atoms with E-state index in [0.29, 0.717) is 0 Å². The second kappa shape index (κ2) is 13.5. The molecule has 0 amide bonds. The van der Waals surface area contributed by atoms with Gasteiger partial charge in [0.25, 0.3) is 6.71 Å². The number of furan rings is 1. The van der Waals surface area contributed by atoms with Crippen molar-refractivity contribution in [1.29, 1.82) is 0 Å². The number of anilines is 6. The van der Waals surface area contributed by atoms with Crippen LogP contribution in [0.3, 0.4) is 0 Å². The molecular formula is C56H57BN2OS. The Bertz CT molecular complexity index is 3030. The summed E-state index contributed by atoms with van der Waals surface area (Å²) in [4.78, 5) is 5.25. The van der Waals surface area contributed by atoms with Crippen molar-refractivity contribution in [3.8, 4) is 11.3 Å². The molecule has 0 N–H and O–H groups in total. The van der Waals surface area contributed by atoms with E-state index < -0.39 is 0 Å². The van der Waals surface area contributed by atoms with E-state index in [4.69, 9.17) is 4.42 Å². The van der Waals surface area contributed by atoms with Gasteiger partial charge in [-0.25, -0.2) is 0 Å². The van der Waals surface area contributed by atoms with Crippen LogP contribution in [-0.4, -0.2) is 6.71 Å². The molecule has 6 aromatic carbocycles. The second-order valence-electron chi connectivity index (χ2n) is 20.9. The fourth-order valence-corrected chi connectivity index (χ4v) is 11.4. The molecule has 306 valence electrons. The lowest BCUT2D eigenvalue weighted by molar-refractivity contribution is 0.589. The van der Waals surface area contributed by atoms with Crippen LogP contribution >= 0.6 is 11.3 Å². The van der Waals surface area contributed by atoms with Gasteiger partial charge in [0.05, 0.1) is 17.1 Å². The summed E-state index contributed by atoms with van der Waals surface area (Å²) in [6.45, 7) is 30.2. The number of nitrogens with zero attached hydrogens (tertiary/aromatic N) is 2. The summed E-state index contributed by atoms with van der Waals surface area (Å²) >= 11 is 1.99. The van der Waals surface area contributed by atoms with Gasteiger partial charge in [0.2, 0.25) is 0 Å². The Morgan fingerprint density at radius 1 is 0.508 bits per heavy atom. The summed E-state index contributed by atoms with van der Waals surface area (Å²) in [5, 5.41) is 2.46. The van der Waals surface area contributed by atoms with Crippen LogP contribution in [0.25, 0.3) is 32.4 Å². The number of para-hydroxylation sites is 1. The molecule has 0 radical (unpaired) electrons. The Labute approximate surface area is 367 Å². The van der Waals surface area contributed by atoms with Gasteiger partial charge in [0.1, 0.15) is 11.3 Å². The van der Waals surface area contributed by atoms with E-state index in [1.165, 1.54) is 98.9 Å². The van der Waals surface area contributed by atoms with Crippen molar-refractivity contribution >= 4 is 88.9 Å². The molecule has 8 aromatic rings. The summed E-state index contributed by atoms with van der Waals surface area (Å²) in [5.74, 6) is 0.899. The Kier molecular flexibility index (Phi) is 8.76. The third-order valence-electron chi connectivity index (χ3n) is 13.3. The van der Waals surface area contributed by atoms with E-state index in [1.807, 2.05) is 17.4 Å². The Hall–Kier alpha value is -5.52. The van der Waals surface area contributed by atoms with Gasteiger partial charge in [-0.3, -0.25) is 0 Å². The summed E-state index contributed by atoms with van der Waals surface area (Å²) in [5.41, 5.74) is 21.5. The summed E-state index contributed by atoms with van der Waals surface area (Å²) in [6.07, 6.45) is 0. The van der Waals surface area contributed by atoms with Crippen molar-refractivity contribution in [2.75, 3.05) is 9.80 Å². The molecular weight excluding hydrogens is 760 g/mol. The zero-order valence-electron chi connectivity index (χ0n) is 38.2. The highest BCUT2D eigenvalue weighted by Crippen LogP contribution is 2.51. The van der Waals surface area contributed by atoms with Gasteiger partial charge >= 0.3 is 0 Å². The van der Waals surface area contributed by atoms with Gasteiger partial charge in [-0.1, -0.05) is 117 Å². The number of thiophene rings is 1. The summed E-state index contributed by atoms with van der Waals surface area (Å²) in [6, 6.07) is 41.6. The highest BCUT2D eigenvalue weighted by atomic mass is 32.1. The van der Waals surface area contributed by atoms with E-state index in [9.17, 15) is 0 Å². The van der Waals surface area contributed by atoms with Crippen molar-refractivity contribution in [2.45, 2.75) is 106 Å². The number of rotatable bonds is 3. The molecule has 5 heteroatoms. The van der Waals surface area contributed by atoms with Gasteiger partial charge in [0, 0.05) is 42.9 Å². The van der Waals surface area contributed by atoms with Gasteiger partial charge in [0.15, 0.2) is 0 Å². The lowest BCUT2D eigenvalue weighted by Gasteiger charge is -2.44. The zero-order valence-corrected chi connectivity index (χ0v) is 39.0. The number of benzene rings is 6. The molecule has 0 fully saturated rings. The van der Waals surface area contributed by atoms with Gasteiger partial charge in [-0.15, -0.1) is 11.3 Å². The third-order valence-corrected chi connectivity index (χ3v) is 14.5. The van der Waals surface area contributed by atoms with E-state index in [1.54, 1.807) is 0 Å². The monoisotopic (exact) mass is 816 g/mol. The minimum Gasteiger partial charge on any atom is -0.456 e. The van der Waals surface area contributed by atoms with Crippen LogP contribution < -0.4 is 25.5 Å². The molecule has 2 aliphatic rings. The Balaban J connectivity index is 1.28. The van der Waals surface area contributed by atoms with Crippen LogP contribution in [0.2, 0.25) is 0 Å². The molecule has 10 rings (SSSR count). The van der Waals surface area contributed by atoms with E-state index in [2.05, 4.69) is 203 Å². The minimum absolute atomic E-state index is 0.0169. The van der Waals surface area contributed by atoms with E-state index in [0.717, 1.165) is 22.3 Å². The average molecular weight is 817 g/mol. The lowest BCUT2D eigenvalue weighted by Crippen LogP contribution is -2.60. The smallest absolute Gasteiger partial charge is 0.264 e. The van der Waals surface area contributed by atoms with Crippen LogP contribution in [0.5, 0.6) is 0 Å². The lowest BCUT2D eigenvalue weighted by atomic mass is 9.36. The standard InChI is InChI=1S/C56H57BN2OS/c1-32-25-37(47-29-36-17-14-15-20-46(36)60-47)26-33(2)50(32)58-43-23-21-39(55(8,9)10)31-42(43)57-49-44(58)18-16-19-45(49)59(51-34(3)27-40(28-35(51)4)56(11,12)13)52-41-30-38(54(5,6)7)22-24-48(41)61-53(52)57/h14-31H,1-13H3. The average Bonchev–Trinajstić information content (AvgIpc) is 3.79. The molecule has 0 atom stereocenters. The normalized spacial score (nSPS) is 13.9. The summed E-state index contributed by atoms with van der Waals surface area (Å²) in [7, 11) is 0. The van der Waals surface area contributed by atoms with Crippen LogP contribution in [-0.2, 0) is 16.2 Å². The number of hydrogen-bond acceptors (Lipinski definition) is 4. The maximum absolute atomic E-state index is 6.42. The molecule has 2 aliphatic heterocycles. The summed E-state index contributed by atoms with van der Waals surface area (Å²) < 4.78 is 9.18. The third kappa shape index (κ3) is 6.21. The predicted octanol–water partition coefficient (Wildman–Crippen LogP) is 14.5. The number of hydrogen-bond donors (Lipinski definition) is 0. The molecule has 0 saturated carbocycles. The van der Waals surface area contributed by atoms with Gasteiger partial charge in [-0.2, -0.15) is 0 Å². The van der Waals surface area contributed by atoms with E-state index in [-0.39, 0.29) is 23.0 Å². The van der Waals surface area contributed by atoms with Crippen LogP contribution in [0, 0.1) is 27.7 Å². The molecule has 0 spiro atoms. The largest absolute Gasteiger partial charge is 0.456 e. The molecule has 0 aliphatic carbocycles. The SMILES string of the molecule is Cc1cc(-c2cc3ccccc3o2)cc(C)c1N1c2ccc(C(C)(C)C)cc2B2c3sc4ccc(C(C)(C)C)cc4c3N(c3c(C)cc(C(C)(C)C)cc3C)c3cccc1c32. The maximum Gasteiger partial charge on any atom is 0.264 e. The first-order valence-electron chi connectivity index (χ1n) is 22.0. The topological polar surface area (TPSA) is 19.6 Å². The van der Waals surface area contributed by atoms with Crippen LogP contribution in [0.15, 0.2) is 114 Å². The quantitative estimate of drug-likeness (QED) is 0.166. The zero-order chi connectivity index (χ0) is 43.1. The molecule has 3 nitrogen and oxygen atoms in total. The number of aryl methyl sites for hydroxylation is 4. The highest BCUT2D eigenvalue weighted by Gasteiger charge is 2.46. The van der Waals surface area contributed by atoms with Crippen molar-refractivity contribution in [3.63, 3.8) is 0 Å². The van der Waals surface area contributed by atoms with Crippen LogP contribution in [0.4, 0.5) is 34.1 Å². The van der Waals surface area contributed by atoms with Crippen molar-refractivity contribution in [1.82, 2.24) is 0 Å². The molecule has 0 unspecified atom stereocenters. The fraction of sp³-hybridized carbons (Fsp3) is 0.286. The molecule has 0 bridgehead atoms. The highest BCUT2D eigenvalue weighted by molar-refractivity contribution is 7.33. The van der Waals surface area contributed by atoms with E-state index >= 15 is 0 Å². The van der Waals surface area contributed by atoms with Crippen molar-refractivity contribution in [2.24, 2.45) is 0 Å². The Morgan fingerprint density at radius 3 is 1.72 bits per heavy atom. The fourth-order valence-electron chi connectivity index (χ4n) is 10.1. The Morgan fingerprint density at radius 2 is 1.08 bits per heavy atom. The molecule has 61 heavy (non-hydrogen) atoms.